The molecular weight excluding hydrogens is 406 g/mol. The van der Waals surface area contributed by atoms with Crippen molar-refractivity contribution in [3.05, 3.63) is 53.6 Å². The smallest absolute Gasteiger partial charge is 0.257 e. The third-order valence-corrected chi connectivity index (χ3v) is 5.72. The monoisotopic (exact) mass is 439 g/mol. The fourth-order valence-corrected chi connectivity index (χ4v) is 3.61. The summed E-state index contributed by atoms with van der Waals surface area (Å²) >= 11 is 0. The van der Waals surface area contributed by atoms with Gasteiger partial charge >= 0.3 is 0 Å². The van der Waals surface area contributed by atoms with Crippen LogP contribution in [0.2, 0.25) is 0 Å². The van der Waals surface area contributed by atoms with Crippen LogP contribution in [0.1, 0.15) is 44.4 Å². The molecule has 1 aliphatic heterocycles. The molecular formula is C25H33N3O4. The third-order valence-electron chi connectivity index (χ3n) is 5.72. The van der Waals surface area contributed by atoms with E-state index in [0.717, 1.165) is 22.6 Å². The predicted octanol–water partition coefficient (Wildman–Crippen LogP) is 4.12. The standard InChI is InChI=1S/C25H33N3O4/c1-7-32-20-11-8-18(9-12-20)22-15-21(19-10-13-23(30-5)24(14-19)31-6)26-28(22)25(29)16-27(4)17(2)3/h8-14,17,22H,7,15-16H2,1-6H3. The second kappa shape index (κ2) is 10.5. The maximum absolute atomic E-state index is 13.2. The molecule has 0 aliphatic carbocycles. The fraction of sp³-hybridized carbons (Fsp3) is 0.440. The summed E-state index contributed by atoms with van der Waals surface area (Å²) in [5, 5.41) is 6.39. The van der Waals surface area contributed by atoms with Crippen LogP contribution in [0.25, 0.3) is 0 Å². The number of benzene rings is 2. The minimum Gasteiger partial charge on any atom is -0.494 e. The van der Waals surface area contributed by atoms with Gasteiger partial charge in [-0.25, -0.2) is 5.01 Å². The van der Waals surface area contributed by atoms with Crippen LogP contribution in [-0.4, -0.2) is 62.0 Å². The Labute approximate surface area is 190 Å². The van der Waals surface area contributed by atoms with Gasteiger partial charge in [0.05, 0.1) is 39.1 Å². The fourth-order valence-electron chi connectivity index (χ4n) is 3.61. The molecule has 0 radical (unpaired) electrons. The van der Waals surface area contributed by atoms with Crippen molar-refractivity contribution in [1.82, 2.24) is 9.91 Å². The SMILES string of the molecule is CCOc1ccc(C2CC(c3ccc(OC)c(OC)c3)=NN2C(=O)CN(C)C(C)C)cc1. The molecule has 2 aromatic carbocycles. The molecule has 0 saturated heterocycles. The summed E-state index contributed by atoms with van der Waals surface area (Å²) in [5.74, 6) is 2.07. The summed E-state index contributed by atoms with van der Waals surface area (Å²) in [6, 6.07) is 13.7. The Morgan fingerprint density at radius 2 is 1.81 bits per heavy atom. The summed E-state index contributed by atoms with van der Waals surface area (Å²) in [5.41, 5.74) is 2.77. The number of hydrazone groups is 1. The van der Waals surface area contributed by atoms with Crippen molar-refractivity contribution in [2.45, 2.75) is 39.3 Å². The van der Waals surface area contributed by atoms with Gasteiger partial charge in [-0.05, 0) is 63.7 Å². The minimum atomic E-state index is -0.179. The van der Waals surface area contributed by atoms with Gasteiger partial charge in [0, 0.05) is 18.0 Å². The normalized spacial score (nSPS) is 15.8. The number of methoxy groups -OCH3 is 2. The highest BCUT2D eigenvalue weighted by Crippen LogP contribution is 2.36. The highest BCUT2D eigenvalue weighted by Gasteiger charge is 2.34. The molecule has 0 aromatic heterocycles. The number of hydrogen-bond acceptors (Lipinski definition) is 6. The van der Waals surface area contributed by atoms with E-state index in [2.05, 4.69) is 13.8 Å². The molecule has 32 heavy (non-hydrogen) atoms. The Hall–Kier alpha value is -3.06. The number of carbonyl (C=O) groups is 1. The zero-order chi connectivity index (χ0) is 23.3. The number of nitrogens with zero attached hydrogens (tertiary/aromatic N) is 3. The van der Waals surface area contributed by atoms with Gasteiger partial charge < -0.3 is 14.2 Å². The van der Waals surface area contributed by atoms with E-state index in [1.165, 1.54) is 0 Å². The van der Waals surface area contributed by atoms with Crippen LogP contribution in [0.5, 0.6) is 17.2 Å². The van der Waals surface area contributed by atoms with E-state index < -0.39 is 0 Å². The Morgan fingerprint density at radius 3 is 2.41 bits per heavy atom. The van der Waals surface area contributed by atoms with Crippen molar-refractivity contribution < 1.29 is 19.0 Å². The molecule has 1 aliphatic rings. The summed E-state index contributed by atoms with van der Waals surface area (Å²) < 4.78 is 16.4. The van der Waals surface area contributed by atoms with Gasteiger partial charge in [0.15, 0.2) is 11.5 Å². The van der Waals surface area contributed by atoms with Gasteiger partial charge in [-0.2, -0.15) is 5.10 Å². The molecule has 0 bridgehead atoms. The molecule has 3 rings (SSSR count). The molecule has 1 atom stereocenters. The van der Waals surface area contributed by atoms with Gasteiger partial charge in [0.25, 0.3) is 5.91 Å². The molecule has 7 heteroatoms. The topological polar surface area (TPSA) is 63.6 Å². The second-order valence-corrected chi connectivity index (χ2v) is 8.09. The third kappa shape index (κ3) is 5.22. The average molecular weight is 440 g/mol. The Morgan fingerprint density at radius 1 is 1.12 bits per heavy atom. The first-order valence-electron chi connectivity index (χ1n) is 10.9. The summed E-state index contributed by atoms with van der Waals surface area (Å²) in [6.45, 7) is 7.01. The lowest BCUT2D eigenvalue weighted by atomic mass is 9.98. The maximum Gasteiger partial charge on any atom is 0.257 e. The highest BCUT2D eigenvalue weighted by molar-refractivity contribution is 6.03. The highest BCUT2D eigenvalue weighted by atomic mass is 16.5. The summed E-state index contributed by atoms with van der Waals surface area (Å²) in [4.78, 5) is 15.2. The number of likely N-dealkylation sites (N-methyl/N-ethyl adjacent to an activating group) is 1. The maximum atomic E-state index is 13.2. The largest absolute Gasteiger partial charge is 0.494 e. The molecule has 0 fully saturated rings. The van der Waals surface area contributed by atoms with E-state index >= 15 is 0 Å². The number of rotatable bonds is 9. The van der Waals surface area contributed by atoms with Crippen molar-refractivity contribution in [1.29, 1.82) is 0 Å². The quantitative estimate of drug-likeness (QED) is 0.588. The average Bonchev–Trinajstić information content (AvgIpc) is 3.25. The summed E-state index contributed by atoms with van der Waals surface area (Å²) in [7, 11) is 5.17. The van der Waals surface area contributed by atoms with Gasteiger partial charge in [-0.3, -0.25) is 9.69 Å². The molecule has 0 saturated carbocycles. The molecule has 1 heterocycles. The Kier molecular flexibility index (Phi) is 7.75. The van der Waals surface area contributed by atoms with E-state index in [1.807, 2.05) is 61.3 Å². The number of hydrogen-bond donors (Lipinski definition) is 0. The first-order valence-corrected chi connectivity index (χ1v) is 10.9. The van der Waals surface area contributed by atoms with Crippen LogP contribution in [0.3, 0.4) is 0 Å². The first kappa shape index (κ1) is 23.6. The lowest BCUT2D eigenvalue weighted by molar-refractivity contribution is -0.134. The number of amides is 1. The second-order valence-electron chi connectivity index (χ2n) is 8.09. The minimum absolute atomic E-state index is 0.0319. The van der Waals surface area contributed by atoms with Crippen LogP contribution < -0.4 is 14.2 Å². The van der Waals surface area contributed by atoms with Gasteiger partial charge in [-0.15, -0.1) is 0 Å². The van der Waals surface area contributed by atoms with Gasteiger partial charge in [0.2, 0.25) is 0 Å². The van der Waals surface area contributed by atoms with E-state index in [1.54, 1.807) is 19.2 Å². The van der Waals surface area contributed by atoms with Gasteiger partial charge in [-0.1, -0.05) is 12.1 Å². The van der Waals surface area contributed by atoms with Crippen molar-refractivity contribution in [2.75, 3.05) is 34.4 Å². The molecule has 1 unspecified atom stereocenters. The number of carbonyl (C=O) groups excluding carboxylic acids is 1. The summed E-state index contributed by atoms with van der Waals surface area (Å²) in [6.07, 6.45) is 0.612. The lowest BCUT2D eigenvalue weighted by Crippen LogP contribution is -2.39. The Bertz CT molecular complexity index is 956. The van der Waals surface area contributed by atoms with Crippen molar-refractivity contribution in [2.24, 2.45) is 5.10 Å². The van der Waals surface area contributed by atoms with E-state index in [4.69, 9.17) is 19.3 Å². The van der Waals surface area contributed by atoms with Gasteiger partial charge in [0.1, 0.15) is 5.75 Å². The molecule has 172 valence electrons. The van der Waals surface area contributed by atoms with Crippen LogP contribution in [-0.2, 0) is 4.79 Å². The van der Waals surface area contributed by atoms with Crippen LogP contribution in [0.4, 0.5) is 0 Å². The zero-order valence-corrected chi connectivity index (χ0v) is 19.8. The predicted molar refractivity (Wildman–Crippen MR) is 126 cm³/mol. The molecule has 0 N–H and O–H groups in total. The Balaban J connectivity index is 1.93. The van der Waals surface area contributed by atoms with E-state index in [9.17, 15) is 4.79 Å². The molecule has 0 spiro atoms. The van der Waals surface area contributed by atoms with Crippen molar-refractivity contribution in [3.63, 3.8) is 0 Å². The van der Waals surface area contributed by atoms with E-state index in [-0.39, 0.29) is 18.0 Å². The zero-order valence-electron chi connectivity index (χ0n) is 19.8. The molecule has 7 nitrogen and oxygen atoms in total. The molecule has 2 aromatic rings. The van der Waals surface area contributed by atoms with Crippen molar-refractivity contribution in [3.8, 4) is 17.2 Å². The van der Waals surface area contributed by atoms with Crippen LogP contribution >= 0.6 is 0 Å². The van der Waals surface area contributed by atoms with Crippen LogP contribution in [0.15, 0.2) is 47.6 Å². The number of ether oxygens (including phenoxy) is 3. The van der Waals surface area contributed by atoms with Crippen molar-refractivity contribution >= 4 is 11.6 Å². The first-order chi connectivity index (χ1) is 15.4. The lowest BCUT2D eigenvalue weighted by Gasteiger charge is -2.26. The van der Waals surface area contributed by atoms with Crippen LogP contribution in [0, 0.1) is 0 Å². The molecule has 1 amide bonds. The van der Waals surface area contributed by atoms with E-state index in [0.29, 0.717) is 31.1 Å².